The van der Waals surface area contributed by atoms with Gasteiger partial charge < -0.3 is 5.73 Å². The Hall–Kier alpha value is -1.08. The zero-order valence-corrected chi connectivity index (χ0v) is 3.68. The van der Waals surface area contributed by atoms with Gasteiger partial charge in [0.15, 0.2) is 0 Å². The molecule has 0 heterocycles. The minimum atomic E-state index is -0.511. The molecule has 3 heteroatoms. The van der Waals surface area contributed by atoms with Gasteiger partial charge in [-0.25, -0.2) is 4.79 Å². The lowest BCUT2D eigenvalue weighted by molar-refractivity contribution is -0.117. The number of rotatable bonds is 2. The second kappa shape index (κ2) is 3.12. The fourth-order valence-electron chi connectivity index (χ4n) is 0.142. The number of nitrogens with two attached hydrogens (primary N) is 1. The third-order valence-corrected chi connectivity index (χ3v) is 0.387. The van der Waals surface area contributed by atoms with Crippen molar-refractivity contribution < 1.29 is 9.59 Å². The predicted octanol–water partition coefficient (Wildman–Crippen LogP) is -0.750. The Balaban J connectivity index is 3.32. The van der Waals surface area contributed by atoms with Crippen molar-refractivity contribution in [1.82, 2.24) is 0 Å². The number of carbonyl (C=O) groups excluding carboxylic acids is 2. The highest BCUT2D eigenvalue weighted by Crippen LogP contribution is 1.70. The van der Waals surface area contributed by atoms with E-state index in [0.29, 0.717) is 0 Å². The van der Waals surface area contributed by atoms with Crippen LogP contribution in [0, 0.1) is 0 Å². The molecule has 1 amide bonds. The van der Waals surface area contributed by atoms with Gasteiger partial charge in [0.2, 0.25) is 5.91 Å². The zero-order chi connectivity index (χ0) is 5.70. The molecule has 0 aromatic rings. The van der Waals surface area contributed by atoms with Crippen molar-refractivity contribution in [1.29, 1.82) is 0 Å². The third kappa shape index (κ3) is 4.92. The van der Waals surface area contributed by atoms with Crippen molar-refractivity contribution in [2.75, 3.05) is 0 Å². The van der Waals surface area contributed by atoms with E-state index < -0.39 is 5.91 Å². The normalized spacial score (nSPS) is 6.86. The molecule has 7 heavy (non-hydrogen) atoms. The first-order valence-corrected chi connectivity index (χ1v) is 1.75. The molecule has 0 saturated heterocycles. The molecule has 0 aliphatic rings. The van der Waals surface area contributed by atoms with Crippen molar-refractivity contribution in [3.8, 4) is 0 Å². The zero-order valence-electron chi connectivity index (χ0n) is 3.68. The smallest absolute Gasteiger partial charge is 0.221 e. The van der Waals surface area contributed by atoms with Crippen LogP contribution in [0.4, 0.5) is 0 Å². The van der Waals surface area contributed by atoms with E-state index in [9.17, 15) is 9.59 Å². The van der Waals surface area contributed by atoms with E-state index in [1.54, 1.807) is 0 Å². The van der Waals surface area contributed by atoms with Gasteiger partial charge in [-0.15, -0.1) is 0 Å². The average molecular weight is 99.1 g/mol. The maximum absolute atomic E-state index is 9.77. The first-order chi connectivity index (χ1) is 3.27. The van der Waals surface area contributed by atoms with Crippen LogP contribution in [0.2, 0.25) is 0 Å². The monoisotopic (exact) mass is 99.0 g/mol. The second-order valence-corrected chi connectivity index (χ2v) is 0.992. The summed E-state index contributed by atoms with van der Waals surface area (Å²) in [5, 5.41) is 0. The molecule has 0 aliphatic carbocycles. The SMILES string of the molecule is NC(=O)CC=C=O. The molecule has 0 rings (SSSR count). The summed E-state index contributed by atoms with van der Waals surface area (Å²) in [5.41, 5.74) is 4.63. The maximum Gasteiger partial charge on any atom is 0.221 e. The summed E-state index contributed by atoms with van der Waals surface area (Å²) in [6.45, 7) is 0. The Bertz CT molecular complexity index is 113. The lowest BCUT2D eigenvalue weighted by Crippen LogP contribution is -2.07. The van der Waals surface area contributed by atoms with Gasteiger partial charge in [0.05, 0.1) is 6.42 Å². The molecule has 0 radical (unpaired) electrons. The molecule has 0 saturated carbocycles. The van der Waals surface area contributed by atoms with Crippen LogP contribution in [0.25, 0.3) is 0 Å². The highest BCUT2D eigenvalue weighted by atomic mass is 16.1. The lowest BCUT2D eigenvalue weighted by atomic mass is 10.4. The fourth-order valence-corrected chi connectivity index (χ4v) is 0.142. The fraction of sp³-hybridized carbons (Fsp3) is 0.250. The molecular formula is C4H5NO2. The van der Waals surface area contributed by atoms with E-state index in [1.807, 2.05) is 0 Å². The van der Waals surface area contributed by atoms with Crippen molar-refractivity contribution >= 4 is 11.8 Å². The third-order valence-electron chi connectivity index (χ3n) is 0.387. The first kappa shape index (κ1) is 5.92. The molecule has 0 unspecified atom stereocenters. The molecule has 0 bridgehead atoms. The summed E-state index contributed by atoms with van der Waals surface area (Å²) < 4.78 is 0. The van der Waals surface area contributed by atoms with Gasteiger partial charge >= 0.3 is 0 Å². The molecule has 3 nitrogen and oxygen atoms in total. The van der Waals surface area contributed by atoms with Gasteiger partial charge in [-0.1, -0.05) is 0 Å². The van der Waals surface area contributed by atoms with Crippen LogP contribution in [0.5, 0.6) is 0 Å². The molecule has 2 N–H and O–H groups in total. The molecular weight excluding hydrogens is 94.0 g/mol. The highest BCUT2D eigenvalue weighted by molar-refractivity contribution is 5.77. The van der Waals surface area contributed by atoms with Crippen molar-refractivity contribution in [2.24, 2.45) is 5.73 Å². The lowest BCUT2D eigenvalue weighted by Gasteiger charge is -1.75. The number of hydrogen-bond donors (Lipinski definition) is 1. The van der Waals surface area contributed by atoms with E-state index in [1.165, 1.54) is 5.94 Å². The van der Waals surface area contributed by atoms with Crippen LogP contribution in [0.1, 0.15) is 6.42 Å². The minimum Gasteiger partial charge on any atom is -0.369 e. The second-order valence-electron chi connectivity index (χ2n) is 0.992. The largest absolute Gasteiger partial charge is 0.369 e. The Kier molecular flexibility index (Phi) is 2.64. The summed E-state index contributed by atoms with van der Waals surface area (Å²) in [4.78, 5) is 19.1. The van der Waals surface area contributed by atoms with Crippen LogP contribution in [-0.4, -0.2) is 11.8 Å². The van der Waals surface area contributed by atoms with Gasteiger partial charge in [0, 0.05) is 6.08 Å². The van der Waals surface area contributed by atoms with E-state index in [2.05, 4.69) is 5.73 Å². The standard InChI is InChI=1S/C4H5NO2/c5-4(7)2-1-3-6/h1H,2H2,(H2,5,7). The summed E-state index contributed by atoms with van der Waals surface area (Å²) in [5.74, 6) is 0.912. The van der Waals surface area contributed by atoms with Crippen LogP contribution >= 0.6 is 0 Å². The predicted molar refractivity (Wildman–Crippen MR) is 24.1 cm³/mol. The molecule has 0 atom stereocenters. The number of primary amides is 1. The van der Waals surface area contributed by atoms with Crippen LogP contribution in [0.15, 0.2) is 6.08 Å². The van der Waals surface area contributed by atoms with Crippen molar-refractivity contribution in [2.45, 2.75) is 6.42 Å². The molecule has 0 aliphatic heterocycles. The van der Waals surface area contributed by atoms with Crippen LogP contribution in [-0.2, 0) is 9.59 Å². The molecule has 38 valence electrons. The maximum atomic E-state index is 9.77. The Morgan fingerprint density at radius 2 is 2.43 bits per heavy atom. The van der Waals surface area contributed by atoms with E-state index in [-0.39, 0.29) is 6.42 Å². The van der Waals surface area contributed by atoms with Gasteiger partial charge in [-0.3, -0.25) is 4.79 Å². The Morgan fingerprint density at radius 1 is 1.86 bits per heavy atom. The van der Waals surface area contributed by atoms with Gasteiger partial charge in [-0.05, 0) is 0 Å². The quantitative estimate of drug-likeness (QED) is 0.463. The van der Waals surface area contributed by atoms with Gasteiger partial charge in [0.25, 0.3) is 0 Å². The number of carbonyl (C=O) groups is 1. The summed E-state index contributed by atoms with van der Waals surface area (Å²) in [6, 6.07) is 0. The Labute approximate surface area is 40.8 Å². The summed E-state index contributed by atoms with van der Waals surface area (Å²) >= 11 is 0. The van der Waals surface area contributed by atoms with Crippen molar-refractivity contribution in [3.63, 3.8) is 0 Å². The van der Waals surface area contributed by atoms with Crippen LogP contribution in [0.3, 0.4) is 0 Å². The molecule has 0 spiro atoms. The van der Waals surface area contributed by atoms with Gasteiger partial charge in [0.1, 0.15) is 5.94 Å². The van der Waals surface area contributed by atoms with E-state index in [0.717, 1.165) is 6.08 Å². The van der Waals surface area contributed by atoms with Crippen LogP contribution < -0.4 is 5.73 Å². The average Bonchev–Trinajstić information content (AvgIpc) is 1.61. The number of amides is 1. The van der Waals surface area contributed by atoms with Gasteiger partial charge in [-0.2, -0.15) is 0 Å². The summed E-state index contributed by atoms with van der Waals surface area (Å²) in [6.07, 6.45) is 1.03. The summed E-state index contributed by atoms with van der Waals surface area (Å²) in [7, 11) is 0. The van der Waals surface area contributed by atoms with E-state index in [4.69, 9.17) is 0 Å². The molecule has 0 fully saturated rings. The minimum absolute atomic E-state index is 0.0104. The topological polar surface area (TPSA) is 60.2 Å². The highest BCUT2D eigenvalue weighted by Gasteiger charge is 1.83. The first-order valence-electron chi connectivity index (χ1n) is 1.75. The molecule has 0 aromatic heterocycles. The van der Waals surface area contributed by atoms with Crippen molar-refractivity contribution in [3.05, 3.63) is 6.08 Å². The molecule has 0 aromatic carbocycles. The Morgan fingerprint density at radius 3 is 2.57 bits per heavy atom. The number of hydrogen-bond acceptors (Lipinski definition) is 2. The van der Waals surface area contributed by atoms with E-state index >= 15 is 0 Å².